The lowest BCUT2D eigenvalue weighted by atomic mass is 9.74. The van der Waals surface area contributed by atoms with Gasteiger partial charge in [0.25, 0.3) is 5.91 Å². The van der Waals surface area contributed by atoms with Crippen LogP contribution in [0, 0.1) is 5.82 Å². The van der Waals surface area contributed by atoms with Crippen molar-refractivity contribution >= 4 is 23.5 Å². The number of carboxylic acids is 1. The molecule has 6 nitrogen and oxygen atoms in total. The van der Waals surface area contributed by atoms with Crippen molar-refractivity contribution in [1.29, 1.82) is 0 Å². The van der Waals surface area contributed by atoms with E-state index in [1.165, 1.54) is 6.07 Å². The second-order valence-corrected chi connectivity index (χ2v) is 6.20. The maximum absolute atomic E-state index is 14.2. The van der Waals surface area contributed by atoms with Crippen LogP contribution in [0.1, 0.15) is 48.0 Å². The Hall–Kier alpha value is -2.44. The summed E-state index contributed by atoms with van der Waals surface area (Å²) < 4.78 is 14.2. The van der Waals surface area contributed by atoms with Crippen molar-refractivity contribution < 1.29 is 23.9 Å². The number of aryl methyl sites for hydroxylation is 1. The Bertz CT molecular complexity index is 698. The van der Waals surface area contributed by atoms with Crippen molar-refractivity contribution in [1.82, 2.24) is 5.32 Å². The summed E-state index contributed by atoms with van der Waals surface area (Å²) in [6.07, 6.45) is 2.57. The Morgan fingerprint density at radius 3 is 2.65 bits per heavy atom. The molecular formula is C16H17FN2O4. The number of carbonyl (C=O) groups excluding carboxylic acids is 2. The van der Waals surface area contributed by atoms with Crippen molar-refractivity contribution in [2.24, 2.45) is 0 Å². The molecule has 0 spiro atoms. The van der Waals surface area contributed by atoms with Crippen LogP contribution in [0.5, 0.6) is 0 Å². The molecular weight excluding hydrogens is 303 g/mol. The summed E-state index contributed by atoms with van der Waals surface area (Å²) in [6.45, 7) is 0. The quantitative estimate of drug-likeness (QED) is 0.789. The first kappa shape index (κ1) is 15.5. The number of benzene rings is 1. The highest BCUT2D eigenvalue weighted by Gasteiger charge is 2.41. The van der Waals surface area contributed by atoms with E-state index in [4.69, 9.17) is 5.11 Å². The molecule has 3 rings (SSSR count). The number of carboxylic acid groups (broad SMARTS) is 1. The third-order valence-corrected chi connectivity index (χ3v) is 4.51. The minimum absolute atomic E-state index is 0.114. The first-order valence-electron chi connectivity index (χ1n) is 7.55. The zero-order chi connectivity index (χ0) is 16.6. The van der Waals surface area contributed by atoms with Crippen LogP contribution >= 0.6 is 0 Å². The molecule has 3 N–H and O–H groups in total. The molecule has 0 bridgehead atoms. The van der Waals surface area contributed by atoms with Gasteiger partial charge in [0.1, 0.15) is 5.82 Å². The van der Waals surface area contributed by atoms with Crippen molar-refractivity contribution in [2.45, 2.75) is 44.1 Å². The molecule has 0 aromatic heterocycles. The van der Waals surface area contributed by atoms with E-state index in [1.807, 2.05) is 0 Å². The van der Waals surface area contributed by atoms with Gasteiger partial charge in [0, 0.05) is 12.1 Å². The number of fused-ring (bicyclic) bond motifs is 1. The molecule has 7 heteroatoms. The number of amides is 2. The molecule has 122 valence electrons. The molecule has 0 saturated heterocycles. The third kappa shape index (κ3) is 3.04. The lowest BCUT2D eigenvalue weighted by Crippen LogP contribution is -2.54. The molecule has 23 heavy (non-hydrogen) atoms. The summed E-state index contributed by atoms with van der Waals surface area (Å²) >= 11 is 0. The lowest BCUT2D eigenvalue weighted by Gasteiger charge is -2.41. The summed E-state index contributed by atoms with van der Waals surface area (Å²) in [7, 11) is 0. The van der Waals surface area contributed by atoms with Crippen LogP contribution in [0.4, 0.5) is 10.1 Å². The van der Waals surface area contributed by atoms with Crippen LogP contribution in [0.2, 0.25) is 0 Å². The van der Waals surface area contributed by atoms with E-state index < -0.39 is 23.2 Å². The highest BCUT2D eigenvalue weighted by atomic mass is 19.1. The van der Waals surface area contributed by atoms with Gasteiger partial charge in [0.15, 0.2) is 0 Å². The number of aliphatic carboxylic acids is 1. The molecule has 0 atom stereocenters. The number of hydrogen-bond donors (Lipinski definition) is 3. The monoisotopic (exact) mass is 320 g/mol. The molecule has 1 aromatic carbocycles. The number of halogens is 1. The highest BCUT2D eigenvalue weighted by Crippen LogP contribution is 2.35. The van der Waals surface area contributed by atoms with Gasteiger partial charge < -0.3 is 15.7 Å². The largest absolute Gasteiger partial charge is 0.481 e. The summed E-state index contributed by atoms with van der Waals surface area (Å²) in [5.74, 6) is -2.50. The molecule has 1 saturated carbocycles. The Labute approximate surface area is 132 Å². The SMILES string of the molecule is O=C(O)CC1(NC(=O)c2cc3c(cc2F)NC(=O)CC3)CCC1. The second-order valence-electron chi connectivity index (χ2n) is 6.20. The minimum Gasteiger partial charge on any atom is -0.481 e. The average Bonchev–Trinajstić information content (AvgIpc) is 2.43. The fraction of sp³-hybridized carbons (Fsp3) is 0.438. The Morgan fingerprint density at radius 1 is 1.30 bits per heavy atom. The number of hydrogen-bond acceptors (Lipinski definition) is 3. The van der Waals surface area contributed by atoms with Gasteiger partial charge in [-0.2, -0.15) is 0 Å². The normalized spacial score (nSPS) is 18.4. The van der Waals surface area contributed by atoms with Gasteiger partial charge >= 0.3 is 5.97 Å². The highest BCUT2D eigenvalue weighted by molar-refractivity contribution is 5.98. The van der Waals surface area contributed by atoms with E-state index in [-0.39, 0.29) is 17.9 Å². The fourth-order valence-electron chi connectivity index (χ4n) is 3.12. The summed E-state index contributed by atoms with van der Waals surface area (Å²) in [5.41, 5.74) is 0.201. The molecule has 1 aliphatic carbocycles. The maximum Gasteiger partial charge on any atom is 0.305 e. The van der Waals surface area contributed by atoms with E-state index >= 15 is 0 Å². The third-order valence-electron chi connectivity index (χ3n) is 4.51. The lowest BCUT2D eigenvalue weighted by molar-refractivity contribution is -0.139. The van der Waals surface area contributed by atoms with Crippen LogP contribution in [-0.2, 0) is 16.0 Å². The number of nitrogens with one attached hydrogen (secondary N) is 2. The Kier molecular flexibility index (Phi) is 3.79. The van der Waals surface area contributed by atoms with E-state index in [2.05, 4.69) is 10.6 Å². The summed E-state index contributed by atoms with van der Waals surface area (Å²) in [5, 5.41) is 14.2. The molecule has 0 unspecified atom stereocenters. The van der Waals surface area contributed by atoms with Gasteiger partial charge in [-0.25, -0.2) is 4.39 Å². The molecule has 1 aliphatic heterocycles. The molecule has 2 amide bonds. The molecule has 2 aliphatic rings. The first-order chi connectivity index (χ1) is 10.9. The average molecular weight is 320 g/mol. The Balaban J connectivity index is 1.82. The van der Waals surface area contributed by atoms with Crippen molar-refractivity contribution in [2.75, 3.05) is 5.32 Å². The number of rotatable bonds is 4. The van der Waals surface area contributed by atoms with Crippen molar-refractivity contribution in [3.8, 4) is 0 Å². The van der Waals surface area contributed by atoms with Gasteiger partial charge in [-0.1, -0.05) is 0 Å². The van der Waals surface area contributed by atoms with E-state index in [0.717, 1.165) is 12.5 Å². The zero-order valence-corrected chi connectivity index (χ0v) is 12.4. The van der Waals surface area contributed by atoms with Gasteiger partial charge in [-0.15, -0.1) is 0 Å². The van der Waals surface area contributed by atoms with Crippen LogP contribution in [0.25, 0.3) is 0 Å². The zero-order valence-electron chi connectivity index (χ0n) is 12.4. The molecule has 1 fully saturated rings. The smallest absolute Gasteiger partial charge is 0.305 e. The second kappa shape index (κ2) is 5.64. The number of anilines is 1. The van der Waals surface area contributed by atoms with Gasteiger partial charge in [0.05, 0.1) is 17.5 Å². The van der Waals surface area contributed by atoms with Crippen LogP contribution in [-0.4, -0.2) is 28.4 Å². The minimum atomic E-state index is -0.987. The van der Waals surface area contributed by atoms with Gasteiger partial charge in [-0.05, 0) is 43.4 Å². The molecule has 1 heterocycles. The fourth-order valence-corrected chi connectivity index (χ4v) is 3.12. The number of carbonyl (C=O) groups is 3. The predicted molar refractivity (Wildman–Crippen MR) is 79.7 cm³/mol. The topological polar surface area (TPSA) is 95.5 Å². The van der Waals surface area contributed by atoms with Gasteiger partial charge in [0.2, 0.25) is 5.91 Å². The predicted octanol–water partition coefficient (Wildman–Crippen LogP) is 1.84. The van der Waals surface area contributed by atoms with Crippen LogP contribution in [0.15, 0.2) is 12.1 Å². The maximum atomic E-state index is 14.2. The van der Waals surface area contributed by atoms with E-state index in [1.54, 1.807) is 0 Å². The Morgan fingerprint density at radius 2 is 2.04 bits per heavy atom. The molecule has 1 aromatic rings. The van der Waals surface area contributed by atoms with Crippen LogP contribution in [0.3, 0.4) is 0 Å². The summed E-state index contributed by atoms with van der Waals surface area (Å²) in [4.78, 5) is 34.6. The van der Waals surface area contributed by atoms with Crippen molar-refractivity contribution in [3.05, 3.63) is 29.1 Å². The first-order valence-corrected chi connectivity index (χ1v) is 7.55. The summed E-state index contributed by atoms with van der Waals surface area (Å²) in [6, 6.07) is 2.58. The van der Waals surface area contributed by atoms with Crippen molar-refractivity contribution in [3.63, 3.8) is 0 Å². The van der Waals surface area contributed by atoms with E-state index in [9.17, 15) is 18.8 Å². The molecule has 0 radical (unpaired) electrons. The van der Waals surface area contributed by atoms with Crippen LogP contribution < -0.4 is 10.6 Å². The van der Waals surface area contributed by atoms with E-state index in [0.29, 0.717) is 36.9 Å². The standard InChI is InChI=1S/C16H17FN2O4/c17-11-7-12-9(2-3-13(20)18-12)6-10(11)15(23)19-16(4-1-5-16)8-14(21)22/h6-7H,1-5,8H2,(H,18,20)(H,19,23)(H,21,22). The van der Waals surface area contributed by atoms with Gasteiger partial charge in [-0.3, -0.25) is 14.4 Å².